The number of aromatic nitrogens is 3. The number of rotatable bonds is 5. The molecule has 0 unspecified atom stereocenters. The van der Waals surface area contributed by atoms with E-state index in [0.717, 1.165) is 36.6 Å². The Kier molecular flexibility index (Phi) is 3.88. The number of benzene rings is 1. The van der Waals surface area contributed by atoms with Crippen molar-refractivity contribution in [2.75, 3.05) is 13.1 Å². The first-order chi connectivity index (χ1) is 8.35. The van der Waals surface area contributed by atoms with Gasteiger partial charge in [0, 0.05) is 12.1 Å². The van der Waals surface area contributed by atoms with Crippen LogP contribution < -0.4 is 0 Å². The van der Waals surface area contributed by atoms with E-state index in [1.165, 1.54) is 0 Å². The van der Waals surface area contributed by atoms with E-state index in [1.807, 2.05) is 18.2 Å². The van der Waals surface area contributed by atoms with Crippen LogP contribution in [0.3, 0.4) is 0 Å². The highest BCUT2D eigenvalue weighted by atomic mass is 15.3. The molecule has 0 atom stereocenters. The first-order valence-corrected chi connectivity index (χ1v) is 6.02. The minimum Gasteiger partial charge on any atom is -0.298 e. The summed E-state index contributed by atoms with van der Waals surface area (Å²) in [5.74, 6) is 0. The molecule has 0 aliphatic carbocycles. The molecule has 0 bridgehead atoms. The molecule has 0 spiro atoms. The first kappa shape index (κ1) is 11.8. The zero-order valence-corrected chi connectivity index (χ0v) is 10.3. The van der Waals surface area contributed by atoms with Crippen molar-refractivity contribution in [3.05, 3.63) is 36.0 Å². The van der Waals surface area contributed by atoms with E-state index in [-0.39, 0.29) is 0 Å². The van der Waals surface area contributed by atoms with Gasteiger partial charge in [0.25, 0.3) is 0 Å². The van der Waals surface area contributed by atoms with Crippen LogP contribution >= 0.6 is 0 Å². The molecule has 2 aromatic rings. The van der Waals surface area contributed by atoms with Crippen LogP contribution in [0.25, 0.3) is 11.3 Å². The van der Waals surface area contributed by atoms with Crippen LogP contribution in [0, 0.1) is 0 Å². The SMILES string of the molecule is CCN(CC)Cc1nn[nH]c1-c1ccccc1. The molecule has 1 heterocycles. The highest BCUT2D eigenvalue weighted by molar-refractivity contribution is 5.60. The lowest BCUT2D eigenvalue weighted by atomic mass is 10.1. The second-order valence-corrected chi connectivity index (χ2v) is 3.96. The van der Waals surface area contributed by atoms with Crippen LogP contribution in [0.1, 0.15) is 19.5 Å². The number of hydrogen-bond donors (Lipinski definition) is 1. The van der Waals surface area contributed by atoms with Gasteiger partial charge in [-0.15, -0.1) is 5.10 Å². The topological polar surface area (TPSA) is 44.8 Å². The van der Waals surface area contributed by atoms with Crippen molar-refractivity contribution >= 4 is 0 Å². The molecule has 0 aliphatic rings. The standard InChI is InChI=1S/C13H18N4/c1-3-17(4-2)10-12-13(15-16-14-12)11-8-6-5-7-9-11/h5-9H,3-4,10H2,1-2H3,(H,14,15,16). The Labute approximate surface area is 102 Å². The van der Waals surface area contributed by atoms with Gasteiger partial charge in [-0.05, 0) is 13.1 Å². The molecule has 0 saturated carbocycles. The van der Waals surface area contributed by atoms with Crippen molar-refractivity contribution in [2.45, 2.75) is 20.4 Å². The highest BCUT2D eigenvalue weighted by Gasteiger charge is 2.11. The van der Waals surface area contributed by atoms with E-state index in [2.05, 4.69) is 46.3 Å². The largest absolute Gasteiger partial charge is 0.298 e. The Hall–Kier alpha value is -1.68. The monoisotopic (exact) mass is 230 g/mol. The van der Waals surface area contributed by atoms with Crippen LogP contribution in [0.2, 0.25) is 0 Å². The summed E-state index contributed by atoms with van der Waals surface area (Å²) < 4.78 is 0. The van der Waals surface area contributed by atoms with E-state index in [4.69, 9.17) is 0 Å². The smallest absolute Gasteiger partial charge is 0.104 e. The molecule has 0 fully saturated rings. The van der Waals surface area contributed by atoms with Gasteiger partial charge in [0.15, 0.2) is 0 Å². The zero-order valence-electron chi connectivity index (χ0n) is 10.3. The zero-order chi connectivity index (χ0) is 12.1. The summed E-state index contributed by atoms with van der Waals surface area (Å²) in [6.45, 7) is 7.21. The Bertz CT molecular complexity index is 445. The molecule has 0 amide bonds. The van der Waals surface area contributed by atoms with Gasteiger partial charge in [-0.2, -0.15) is 0 Å². The van der Waals surface area contributed by atoms with Gasteiger partial charge in [-0.3, -0.25) is 10.00 Å². The van der Waals surface area contributed by atoms with E-state index in [0.29, 0.717) is 0 Å². The maximum atomic E-state index is 4.18. The third kappa shape index (κ3) is 2.71. The van der Waals surface area contributed by atoms with Crippen molar-refractivity contribution in [3.63, 3.8) is 0 Å². The van der Waals surface area contributed by atoms with Crippen LogP contribution in [-0.4, -0.2) is 33.4 Å². The van der Waals surface area contributed by atoms with Crippen molar-refractivity contribution in [2.24, 2.45) is 0 Å². The molecule has 4 heteroatoms. The minimum absolute atomic E-state index is 0.841. The van der Waals surface area contributed by atoms with Gasteiger partial charge in [0.2, 0.25) is 0 Å². The summed E-state index contributed by atoms with van der Waals surface area (Å²) in [4.78, 5) is 2.32. The third-order valence-electron chi connectivity index (χ3n) is 2.95. The summed E-state index contributed by atoms with van der Waals surface area (Å²) >= 11 is 0. The van der Waals surface area contributed by atoms with E-state index in [1.54, 1.807) is 0 Å². The quantitative estimate of drug-likeness (QED) is 0.857. The lowest BCUT2D eigenvalue weighted by Gasteiger charge is -2.16. The van der Waals surface area contributed by atoms with Crippen LogP contribution in [-0.2, 0) is 6.54 Å². The normalized spacial score (nSPS) is 11.0. The predicted molar refractivity (Wildman–Crippen MR) is 68.4 cm³/mol. The van der Waals surface area contributed by atoms with Gasteiger partial charge in [0.05, 0.1) is 5.69 Å². The summed E-state index contributed by atoms with van der Waals surface area (Å²) in [7, 11) is 0. The van der Waals surface area contributed by atoms with Crippen molar-refractivity contribution in [3.8, 4) is 11.3 Å². The molecule has 0 saturated heterocycles. The molecule has 1 aromatic heterocycles. The number of H-pyrrole nitrogens is 1. The average molecular weight is 230 g/mol. The summed E-state index contributed by atoms with van der Waals surface area (Å²) in [6.07, 6.45) is 0. The summed E-state index contributed by atoms with van der Waals surface area (Å²) in [6, 6.07) is 10.2. The van der Waals surface area contributed by atoms with E-state index in [9.17, 15) is 0 Å². The van der Waals surface area contributed by atoms with Crippen molar-refractivity contribution in [1.29, 1.82) is 0 Å². The molecule has 0 aliphatic heterocycles. The van der Waals surface area contributed by atoms with Gasteiger partial charge < -0.3 is 0 Å². The molecule has 90 valence electrons. The molecular formula is C13H18N4. The van der Waals surface area contributed by atoms with Crippen LogP contribution in [0.15, 0.2) is 30.3 Å². The molecule has 0 radical (unpaired) electrons. The molecule has 2 rings (SSSR count). The Morgan fingerprint density at radius 3 is 2.47 bits per heavy atom. The maximum absolute atomic E-state index is 4.18. The van der Waals surface area contributed by atoms with Crippen LogP contribution in [0.4, 0.5) is 0 Å². The van der Waals surface area contributed by atoms with Gasteiger partial charge in [0.1, 0.15) is 5.69 Å². The lowest BCUT2D eigenvalue weighted by molar-refractivity contribution is 0.292. The Balaban J connectivity index is 2.23. The average Bonchev–Trinajstić information content (AvgIpc) is 2.85. The Morgan fingerprint density at radius 2 is 1.82 bits per heavy atom. The number of nitrogens with one attached hydrogen (secondary N) is 1. The van der Waals surface area contributed by atoms with Gasteiger partial charge in [-0.25, -0.2) is 0 Å². The first-order valence-electron chi connectivity index (χ1n) is 6.02. The fourth-order valence-corrected chi connectivity index (χ4v) is 1.86. The second kappa shape index (κ2) is 5.59. The fraction of sp³-hybridized carbons (Fsp3) is 0.385. The van der Waals surface area contributed by atoms with Gasteiger partial charge >= 0.3 is 0 Å². The summed E-state index contributed by atoms with van der Waals surface area (Å²) in [5.41, 5.74) is 3.18. The minimum atomic E-state index is 0.841. The highest BCUT2D eigenvalue weighted by Crippen LogP contribution is 2.19. The van der Waals surface area contributed by atoms with Gasteiger partial charge in [-0.1, -0.05) is 49.4 Å². The molecule has 1 aromatic carbocycles. The third-order valence-corrected chi connectivity index (χ3v) is 2.95. The van der Waals surface area contributed by atoms with Crippen molar-refractivity contribution in [1.82, 2.24) is 20.3 Å². The van der Waals surface area contributed by atoms with E-state index < -0.39 is 0 Å². The molecule has 1 N–H and O–H groups in total. The second-order valence-electron chi connectivity index (χ2n) is 3.96. The predicted octanol–water partition coefficient (Wildman–Crippen LogP) is 2.31. The van der Waals surface area contributed by atoms with Crippen LogP contribution in [0.5, 0.6) is 0 Å². The lowest BCUT2D eigenvalue weighted by Crippen LogP contribution is -2.22. The number of nitrogens with zero attached hydrogens (tertiary/aromatic N) is 3. The molecule has 17 heavy (non-hydrogen) atoms. The molecular weight excluding hydrogens is 212 g/mol. The van der Waals surface area contributed by atoms with E-state index >= 15 is 0 Å². The number of hydrogen-bond acceptors (Lipinski definition) is 3. The molecule has 4 nitrogen and oxygen atoms in total. The van der Waals surface area contributed by atoms with Crippen molar-refractivity contribution < 1.29 is 0 Å². The number of aromatic amines is 1. The fourth-order valence-electron chi connectivity index (χ4n) is 1.86. The Morgan fingerprint density at radius 1 is 1.12 bits per heavy atom. The maximum Gasteiger partial charge on any atom is 0.104 e. The summed E-state index contributed by atoms with van der Waals surface area (Å²) in [5, 5.41) is 11.1.